The van der Waals surface area contributed by atoms with Crippen LogP contribution in [0, 0.1) is 0 Å². The summed E-state index contributed by atoms with van der Waals surface area (Å²) < 4.78 is 10.6. The van der Waals surface area contributed by atoms with Crippen LogP contribution in [0.2, 0.25) is 0 Å². The first-order valence-corrected chi connectivity index (χ1v) is 7.45. The van der Waals surface area contributed by atoms with E-state index in [0.29, 0.717) is 0 Å². The van der Waals surface area contributed by atoms with Gasteiger partial charge in [0.25, 0.3) is 0 Å². The molecule has 1 aliphatic rings. The summed E-state index contributed by atoms with van der Waals surface area (Å²) in [5.41, 5.74) is 2.06. The molecule has 0 aromatic heterocycles. The van der Waals surface area contributed by atoms with E-state index in [-0.39, 0.29) is 11.9 Å². The summed E-state index contributed by atoms with van der Waals surface area (Å²) in [6.45, 7) is 5.53. The second kappa shape index (κ2) is 7.20. The molecule has 22 heavy (non-hydrogen) atoms. The Kier molecular flexibility index (Phi) is 5.31. The summed E-state index contributed by atoms with van der Waals surface area (Å²) in [6.07, 6.45) is 2.57. The van der Waals surface area contributed by atoms with Crippen LogP contribution >= 0.6 is 0 Å². The number of carbonyl (C=O) groups is 1. The monoisotopic (exact) mass is 304 g/mol. The number of carbonyl (C=O) groups excluding carboxylic acids is 1. The molecular weight excluding hydrogens is 280 g/mol. The fraction of sp³-hybridized carbons (Fsp3) is 0.471. The second-order valence-electron chi connectivity index (χ2n) is 5.73. The Hall–Kier alpha value is -2.17. The molecule has 2 rings (SSSR count). The third-order valence-electron chi connectivity index (χ3n) is 3.66. The van der Waals surface area contributed by atoms with Gasteiger partial charge in [0, 0.05) is 49.1 Å². The van der Waals surface area contributed by atoms with Crippen LogP contribution in [0.4, 0.5) is 5.69 Å². The minimum Gasteiger partial charge on any atom is -0.497 e. The Morgan fingerprint density at radius 1 is 1.23 bits per heavy atom. The maximum absolute atomic E-state index is 11.8. The average Bonchev–Trinajstić information content (AvgIpc) is 2.94. The lowest BCUT2D eigenvalue weighted by atomic mass is 10.2. The molecule has 120 valence electrons. The van der Waals surface area contributed by atoms with Crippen molar-refractivity contribution in [1.82, 2.24) is 5.32 Å². The van der Waals surface area contributed by atoms with Crippen LogP contribution in [0.3, 0.4) is 0 Å². The zero-order valence-electron chi connectivity index (χ0n) is 13.7. The Bertz CT molecular complexity index is 543. The van der Waals surface area contributed by atoms with Crippen molar-refractivity contribution in [3.05, 3.63) is 29.8 Å². The van der Waals surface area contributed by atoms with Crippen LogP contribution in [0.25, 0.3) is 0 Å². The summed E-state index contributed by atoms with van der Waals surface area (Å²) >= 11 is 0. The van der Waals surface area contributed by atoms with Gasteiger partial charge in [0.05, 0.1) is 14.2 Å². The zero-order valence-corrected chi connectivity index (χ0v) is 13.7. The number of nitrogens with zero attached hydrogens (tertiary/aromatic N) is 1. The molecule has 1 aromatic rings. The van der Waals surface area contributed by atoms with Crippen molar-refractivity contribution in [3.8, 4) is 11.5 Å². The first-order valence-electron chi connectivity index (χ1n) is 7.45. The van der Waals surface area contributed by atoms with Crippen molar-refractivity contribution < 1.29 is 14.3 Å². The number of hydrogen-bond donors (Lipinski definition) is 1. The van der Waals surface area contributed by atoms with Gasteiger partial charge in [0.1, 0.15) is 11.5 Å². The molecule has 0 unspecified atom stereocenters. The van der Waals surface area contributed by atoms with E-state index in [1.165, 1.54) is 0 Å². The summed E-state index contributed by atoms with van der Waals surface area (Å²) in [6, 6.07) is 6.00. The maximum Gasteiger partial charge on any atom is 0.244 e. The molecule has 1 saturated heterocycles. The lowest BCUT2D eigenvalue weighted by Gasteiger charge is -2.20. The van der Waals surface area contributed by atoms with Crippen molar-refractivity contribution in [2.75, 3.05) is 32.2 Å². The van der Waals surface area contributed by atoms with E-state index >= 15 is 0 Å². The third-order valence-corrected chi connectivity index (χ3v) is 3.66. The molecule has 5 nitrogen and oxygen atoms in total. The Morgan fingerprint density at radius 2 is 1.86 bits per heavy atom. The summed E-state index contributed by atoms with van der Waals surface area (Å²) in [4.78, 5) is 14.0. The van der Waals surface area contributed by atoms with Gasteiger partial charge in [-0.05, 0) is 20.3 Å². The molecule has 1 amide bonds. The van der Waals surface area contributed by atoms with Gasteiger partial charge >= 0.3 is 0 Å². The fourth-order valence-corrected chi connectivity index (χ4v) is 2.59. The van der Waals surface area contributed by atoms with Gasteiger partial charge in [-0.1, -0.05) is 5.57 Å². The molecule has 0 aliphatic carbocycles. The Morgan fingerprint density at radius 3 is 2.41 bits per heavy atom. The number of methoxy groups -OCH3 is 2. The number of nitrogens with one attached hydrogen (secondary N) is 1. The topological polar surface area (TPSA) is 50.8 Å². The number of ether oxygens (including phenoxy) is 2. The number of amides is 1. The minimum atomic E-state index is -0.0185. The van der Waals surface area contributed by atoms with Gasteiger partial charge in [-0.2, -0.15) is 0 Å². The molecule has 1 N–H and O–H groups in total. The molecule has 1 heterocycles. The highest BCUT2D eigenvalue weighted by Crippen LogP contribution is 2.30. The van der Waals surface area contributed by atoms with Gasteiger partial charge in [-0.15, -0.1) is 0 Å². The Balaban J connectivity index is 2.04. The van der Waals surface area contributed by atoms with E-state index in [9.17, 15) is 4.79 Å². The van der Waals surface area contributed by atoms with E-state index in [1.54, 1.807) is 20.3 Å². The SMILES string of the molecule is COc1cc(OC)cc(N2CC[C@H](NC(=O)C=C(C)C)C2)c1. The number of allylic oxidation sites excluding steroid dienone is 1. The number of hydrogen-bond acceptors (Lipinski definition) is 4. The summed E-state index contributed by atoms with van der Waals surface area (Å²) in [5, 5.41) is 3.05. The highest BCUT2D eigenvalue weighted by molar-refractivity contribution is 5.88. The molecule has 1 aromatic carbocycles. The standard InChI is InChI=1S/C17H24N2O3/c1-12(2)7-17(20)18-13-5-6-19(11-13)14-8-15(21-3)10-16(9-14)22-4/h7-10,13H,5-6,11H2,1-4H3,(H,18,20)/t13-/m0/s1. The van der Waals surface area contributed by atoms with Gasteiger partial charge in [0.2, 0.25) is 5.91 Å². The molecule has 5 heteroatoms. The Labute approximate surface area is 131 Å². The highest BCUT2D eigenvalue weighted by Gasteiger charge is 2.24. The quantitative estimate of drug-likeness (QED) is 0.849. The van der Waals surface area contributed by atoms with Crippen LogP contribution in [0.15, 0.2) is 29.8 Å². The normalized spacial score (nSPS) is 17.1. The molecular formula is C17H24N2O3. The predicted octanol–water partition coefficient (Wildman–Crippen LogP) is 2.36. The van der Waals surface area contributed by atoms with Gasteiger partial charge in [-0.3, -0.25) is 4.79 Å². The van der Waals surface area contributed by atoms with E-state index in [4.69, 9.17) is 9.47 Å². The first kappa shape index (κ1) is 16.2. The molecule has 0 spiro atoms. The van der Waals surface area contributed by atoms with Gasteiger partial charge in [0.15, 0.2) is 0 Å². The predicted molar refractivity (Wildman–Crippen MR) is 87.7 cm³/mol. The molecule has 0 radical (unpaired) electrons. The zero-order chi connectivity index (χ0) is 16.1. The van der Waals surface area contributed by atoms with Crippen LogP contribution in [0.5, 0.6) is 11.5 Å². The molecule has 1 fully saturated rings. The fourth-order valence-electron chi connectivity index (χ4n) is 2.59. The summed E-state index contributed by atoms with van der Waals surface area (Å²) in [5.74, 6) is 1.52. The van der Waals surface area contributed by atoms with E-state index in [1.807, 2.05) is 32.0 Å². The number of benzene rings is 1. The van der Waals surface area contributed by atoms with E-state index in [2.05, 4.69) is 10.2 Å². The summed E-state index contributed by atoms with van der Waals surface area (Å²) in [7, 11) is 3.29. The molecule has 1 aliphatic heterocycles. The van der Waals surface area contributed by atoms with E-state index in [0.717, 1.165) is 42.3 Å². The van der Waals surface area contributed by atoms with Crippen LogP contribution < -0.4 is 19.7 Å². The average molecular weight is 304 g/mol. The lowest BCUT2D eigenvalue weighted by molar-refractivity contribution is -0.117. The lowest BCUT2D eigenvalue weighted by Crippen LogP contribution is -2.36. The van der Waals surface area contributed by atoms with Gasteiger partial charge in [-0.25, -0.2) is 0 Å². The molecule has 0 bridgehead atoms. The van der Waals surface area contributed by atoms with Crippen molar-refractivity contribution in [1.29, 1.82) is 0 Å². The minimum absolute atomic E-state index is 0.0185. The maximum atomic E-state index is 11.8. The van der Waals surface area contributed by atoms with Crippen molar-refractivity contribution in [2.45, 2.75) is 26.3 Å². The second-order valence-corrected chi connectivity index (χ2v) is 5.73. The van der Waals surface area contributed by atoms with Crippen LogP contribution in [-0.2, 0) is 4.79 Å². The van der Waals surface area contributed by atoms with Crippen LogP contribution in [0.1, 0.15) is 20.3 Å². The largest absolute Gasteiger partial charge is 0.497 e. The molecule has 0 saturated carbocycles. The first-order chi connectivity index (χ1) is 10.5. The number of rotatable bonds is 5. The third kappa shape index (κ3) is 4.16. The smallest absolute Gasteiger partial charge is 0.244 e. The highest BCUT2D eigenvalue weighted by atomic mass is 16.5. The van der Waals surface area contributed by atoms with Crippen molar-refractivity contribution in [3.63, 3.8) is 0 Å². The van der Waals surface area contributed by atoms with Crippen molar-refractivity contribution in [2.24, 2.45) is 0 Å². The van der Waals surface area contributed by atoms with E-state index < -0.39 is 0 Å². The number of anilines is 1. The van der Waals surface area contributed by atoms with Crippen molar-refractivity contribution >= 4 is 11.6 Å². The molecule has 1 atom stereocenters. The van der Waals surface area contributed by atoms with Gasteiger partial charge < -0.3 is 19.7 Å². The van der Waals surface area contributed by atoms with Crippen LogP contribution in [-0.4, -0.2) is 39.3 Å².